The van der Waals surface area contributed by atoms with Crippen molar-refractivity contribution in [1.29, 1.82) is 0 Å². The van der Waals surface area contributed by atoms with Crippen molar-refractivity contribution in [2.45, 2.75) is 20.8 Å². The summed E-state index contributed by atoms with van der Waals surface area (Å²) in [6.07, 6.45) is -0.306. The molecule has 1 saturated heterocycles. The molecule has 0 aromatic heterocycles. The Hall–Kier alpha value is -1.83. The number of rotatable bonds is 5. The monoisotopic (exact) mass is 315 g/mol. The summed E-state index contributed by atoms with van der Waals surface area (Å²) in [6, 6.07) is -0.455. The molecule has 0 unspecified atom stereocenters. The van der Waals surface area contributed by atoms with Gasteiger partial charge in [-0.3, -0.25) is 15.0 Å². The number of nitrogens with zero attached hydrogens (tertiary/aromatic N) is 1. The van der Waals surface area contributed by atoms with E-state index < -0.39 is 6.03 Å². The molecule has 1 heterocycles. The first-order valence-electron chi connectivity index (χ1n) is 7.75. The maximum atomic E-state index is 11.8. The van der Waals surface area contributed by atoms with Gasteiger partial charge in [-0.1, -0.05) is 13.8 Å². The summed E-state index contributed by atoms with van der Waals surface area (Å²) in [7, 11) is 0. The Morgan fingerprint density at radius 2 is 1.86 bits per heavy atom. The van der Waals surface area contributed by atoms with Crippen LogP contribution in [0.25, 0.3) is 0 Å². The van der Waals surface area contributed by atoms with E-state index in [0.717, 1.165) is 4.90 Å². The molecule has 0 aliphatic carbocycles. The molecule has 0 saturated carbocycles. The van der Waals surface area contributed by atoms with E-state index in [4.69, 9.17) is 4.74 Å². The molecule has 8 heteroatoms. The number of carbonyl (C=O) groups is 3. The van der Waals surface area contributed by atoms with Crippen LogP contribution in [-0.4, -0.2) is 68.8 Å². The van der Waals surface area contributed by atoms with Crippen LogP contribution >= 0.6 is 0 Å². The lowest BCUT2D eigenvalue weighted by atomic mass is 10.2. The van der Waals surface area contributed by atoms with Gasteiger partial charge >= 0.3 is 12.1 Å². The third-order valence-electron chi connectivity index (χ3n) is 3.33. The minimum atomic E-state index is -0.455. The Morgan fingerprint density at radius 1 is 1.23 bits per heavy atom. The fourth-order valence-corrected chi connectivity index (χ4v) is 2.14. The zero-order valence-electron chi connectivity index (χ0n) is 13.6. The minimum absolute atomic E-state index is 0.228. The Kier molecular flexibility index (Phi) is 7.65. The van der Waals surface area contributed by atoms with E-state index >= 15 is 0 Å². The summed E-state index contributed by atoms with van der Waals surface area (Å²) < 4.78 is 4.94. The highest BCUT2D eigenvalue weighted by atomic mass is 16.6. The van der Waals surface area contributed by atoms with Crippen molar-refractivity contribution in [3.63, 3.8) is 0 Å². The number of hydrogen-bond donors (Lipinski definition) is 3. The summed E-state index contributed by atoms with van der Waals surface area (Å²) in [5.41, 5.74) is 0. The number of amides is 4. The summed E-state index contributed by atoms with van der Waals surface area (Å²) in [5, 5.41) is 4.96. The van der Waals surface area contributed by atoms with Gasteiger partial charge in [-0.05, 0) is 12.8 Å². The molecule has 0 aromatic carbocycles. The molecule has 0 bridgehead atoms. The van der Waals surface area contributed by atoms with Gasteiger partial charge in [0.15, 0.2) is 6.54 Å². The van der Waals surface area contributed by atoms with Crippen LogP contribution in [0.4, 0.5) is 9.59 Å². The lowest BCUT2D eigenvalue weighted by molar-refractivity contribution is -0.896. The van der Waals surface area contributed by atoms with Gasteiger partial charge in [0.25, 0.3) is 5.91 Å². The van der Waals surface area contributed by atoms with Crippen LogP contribution in [0.1, 0.15) is 20.8 Å². The summed E-state index contributed by atoms with van der Waals surface area (Å²) >= 11 is 0. The van der Waals surface area contributed by atoms with E-state index in [1.54, 1.807) is 11.8 Å². The maximum absolute atomic E-state index is 11.8. The number of hydrogen-bond acceptors (Lipinski definition) is 4. The van der Waals surface area contributed by atoms with Crippen molar-refractivity contribution in [2.75, 3.05) is 45.9 Å². The molecule has 126 valence electrons. The number of urea groups is 1. The lowest BCUT2D eigenvalue weighted by Gasteiger charge is -2.31. The Morgan fingerprint density at radius 3 is 2.41 bits per heavy atom. The minimum Gasteiger partial charge on any atom is -0.450 e. The second-order valence-corrected chi connectivity index (χ2v) is 5.76. The summed E-state index contributed by atoms with van der Waals surface area (Å²) in [4.78, 5) is 37.5. The molecule has 1 rings (SSSR count). The van der Waals surface area contributed by atoms with Crippen molar-refractivity contribution in [3.8, 4) is 0 Å². The summed E-state index contributed by atoms with van der Waals surface area (Å²) in [6.45, 7) is 9.30. The number of ether oxygens (including phenoxy) is 1. The van der Waals surface area contributed by atoms with Gasteiger partial charge in [0, 0.05) is 6.54 Å². The van der Waals surface area contributed by atoms with E-state index in [2.05, 4.69) is 10.6 Å². The first kappa shape index (κ1) is 18.2. The molecular formula is C14H27N4O4+. The second kappa shape index (κ2) is 9.24. The molecule has 1 fully saturated rings. The highest BCUT2D eigenvalue weighted by molar-refractivity contribution is 5.94. The molecule has 22 heavy (non-hydrogen) atoms. The first-order chi connectivity index (χ1) is 10.4. The predicted octanol–water partition coefficient (Wildman–Crippen LogP) is -1.17. The van der Waals surface area contributed by atoms with E-state index in [1.807, 2.05) is 13.8 Å². The highest BCUT2D eigenvalue weighted by Gasteiger charge is 2.26. The Bertz CT molecular complexity index is 392. The van der Waals surface area contributed by atoms with Crippen LogP contribution < -0.4 is 15.5 Å². The largest absolute Gasteiger partial charge is 0.450 e. The topological polar surface area (TPSA) is 92.2 Å². The molecule has 4 amide bonds. The van der Waals surface area contributed by atoms with Gasteiger partial charge in [-0.15, -0.1) is 0 Å². The smallest absolute Gasteiger partial charge is 0.410 e. The fourth-order valence-electron chi connectivity index (χ4n) is 2.14. The van der Waals surface area contributed by atoms with E-state index in [0.29, 0.717) is 45.2 Å². The fraction of sp³-hybridized carbons (Fsp3) is 0.786. The third-order valence-corrected chi connectivity index (χ3v) is 3.33. The SMILES string of the molecule is CCOC(=O)N1CC[NH+](CC(=O)NC(=O)NCC(C)C)CC1. The molecule has 1 aliphatic heterocycles. The van der Waals surface area contributed by atoms with E-state index in [9.17, 15) is 14.4 Å². The van der Waals surface area contributed by atoms with E-state index in [-0.39, 0.29) is 18.5 Å². The maximum Gasteiger partial charge on any atom is 0.410 e. The van der Waals surface area contributed by atoms with Gasteiger partial charge in [0.1, 0.15) is 0 Å². The molecular weight excluding hydrogens is 288 g/mol. The predicted molar refractivity (Wildman–Crippen MR) is 80.5 cm³/mol. The van der Waals surface area contributed by atoms with Crippen molar-refractivity contribution < 1.29 is 24.0 Å². The highest BCUT2D eigenvalue weighted by Crippen LogP contribution is 1.94. The lowest BCUT2D eigenvalue weighted by Crippen LogP contribution is -3.15. The Balaban J connectivity index is 2.24. The molecule has 0 aromatic rings. The van der Waals surface area contributed by atoms with Gasteiger partial charge < -0.3 is 15.0 Å². The average Bonchev–Trinajstić information content (AvgIpc) is 2.46. The summed E-state index contributed by atoms with van der Waals surface area (Å²) in [5.74, 6) is 0.0308. The first-order valence-corrected chi connectivity index (χ1v) is 7.75. The zero-order valence-corrected chi connectivity index (χ0v) is 13.6. The van der Waals surface area contributed by atoms with Gasteiger partial charge in [-0.2, -0.15) is 0 Å². The number of carbonyl (C=O) groups excluding carboxylic acids is 3. The quantitative estimate of drug-likeness (QED) is 0.596. The molecule has 0 spiro atoms. The Labute approximate surface area is 131 Å². The van der Waals surface area contributed by atoms with Crippen molar-refractivity contribution in [2.24, 2.45) is 5.92 Å². The molecule has 0 atom stereocenters. The van der Waals surface area contributed by atoms with Crippen molar-refractivity contribution >= 4 is 18.0 Å². The van der Waals surface area contributed by atoms with E-state index in [1.165, 1.54) is 0 Å². The van der Waals surface area contributed by atoms with Gasteiger partial charge in [0.05, 0.1) is 32.8 Å². The van der Waals surface area contributed by atoms with Crippen LogP contribution in [0, 0.1) is 5.92 Å². The van der Waals surface area contributed by atoms with Crippen LogP contribution in [0.2, 0.25) is 0 Å². The zero-order chi connectivity index (χ0) is 16.5. The molecule has 1 aliphatic rings. The van der Waals surface area contributed by atoms with Gasteiger partial charge in [0.2, 0.25) is 0 Å². The van der Waals surface area contributed by atoms with Crippen LogP contribution in [0.15, 0.2) is 0 Å². The molecule has 8 nitrogen and oxygen atoms in total. The number of nitrogens with one attached hydrogen (secondary N) is 3. The number of quaternary nitrogens is 1. The third kappa shape index (κ3) is 6.75. The molecule has 0 radical (unpaired) electrons. The van der Waals surface area contributed by atoms with Crippen molar-refractivity contribution in [1.82, 2.24) is 15.5 Å². The number of piperazine rings is 1. The van der Waals surface area contributed by atoms with Crippen LogP contribution in [-0.2, 0) is 9.53 Å². The molecule has 3 N–H and O–H groups in total. The standard InChI is InChI=1S/C14H26N4O4/c1-4-22-14(21)18-7-5-17(6-8-18)10-12(19)16-13(20)15-9-11(2)3/h11H,4-10H2,1-3H3,(H2,15,16,19,20)/p+1. The van der Waals surface area contributed by atoms with Crippen molar-refractivity contribution in [3.05, 3.63) is 0 Å². The normalized spacial score (nSPS) is 15.5. The van der Waals surface area contributed by atoms with Crippen LogP contribution in [0.5, 0.6) is 0 Å². The average molecular weight is 315 g/mol. The van der Waals surface area contributed by atoms with Gasteiger partial charge in [-0.25, -0.2) is 9.59 Å². The van der Waals surface area contributed by atoms with Crippen LogP contribution in [0.3, 0.4) is 0 Å². The number of imide groups is 1. The second-order valence-electron chi connectivity index (χ2n) is 5.76.